The van der Waals surface area contributed by atoms with Crippen LogP contribution in [0.4, 0.5) is 5.69 Å². The lowest BCUT2D eigenvalue weighted by Gasteiger charge is -2.34. The molecule has 1 aromatic rings. The molecule has 0 spiro atoms. The number of hydrogen-bond donors (Lipinski definition) is 1. The normalized spacial score (nSPS) is 20.2. The Morgan fingerprint density at radius 1 is 1.18 bits per heavy atom. The van der Waals surface area contributed by atoms with Crippen LogP contribution >= 0.6 is 0 Å². The molecule has 0 bridgehead atoms. The molecule has 1 aliphatic rings. The van der Waals surface area contributed by atoms with Gasteiger partial charge in [0.25, 0.3) is 0 Å². The van der Waals surface area contributed by atoms with E-state index in [0.717, 1.165) is 36.8 Å². The molecule has 0 amide bonds. The highest BCUT2D eigenvalue weighted by atomic mass is 16.5. The fourth-order valence-corrected chi connectivity index (χ4v) is 2.14. The number of ether oxygens (including phenoxy) is 2. The third kappa shape index (κ3) is 2.82. The molecular formula is C13H20N2O2. The third-order valence-electron chi connectivity index (χ3n) is 3.07. The van der Waals surface area contributed by atoms with E-state index in [1.54, 1.807) is 14.2 Å². The summed E-state index contributed by atoms with van der Waals surface area (Å²) in [6.07, 6.45) is 0. The van der Waals surface area contributed by atoms with Crippen molar-refractivity contribution < 1.29 is 9.47 Å². The second-order valence-corrected chi connectivity index (χ2v) is 4.37. The Kier molecular flexibility index (Phi) is 3.74. The minimum absolute atomic E-state index is 0.515. The molecule has 1 saturated heterocycles. The number of nitrogens with one attached hydrogen (secondary N) is 1. The number of nitrogens with zero attached hydrogens (tertiary/aromatic N) is 1. The average molecular weight is 236 g/mol. The molecule has 1 aromatic carbocycles. The van der Waals surface area contributed by atoms with Crippen molar-refractivity contribution in [2.24, 2.45) is 0 Å². The van der Waals surface area contributed by atoms with Crippen molar-refractivity contribution in [3.63, 3.8) is 0 Å². The summed E-state index contributed by atoms with van der Waals surface area (Å²) in [5, 5.41) is 3.43. The van der Waals surface area contributed by atoms with E-state index in [0.29, 0.717) is 6.04 Å². The molecule has 1 unspecified atom stereocenters. The van der Waals surface area contributed by atoms with Gasteiger partial charge in [-0.15, -0.1) is 0 Å². The van der Waals surface area contributed by atoms with Crippen molar-refractivity contribution in [2.75, 3.05) is 38.8 Å². The van der Waals surface area contributed by atoms with Crippen molar-refractivity contribution in [3.8, 4) is 11.5 Å². The smallest absolute Gasteiger partial charge is 0.124 e. The molecule has 94 valence electrons. The number of hydrogen-bond acceptors (Lipinski definition) is 4. The van der Waals surface area contributed by atoms with Crippen molar-refractivity contribution in [3.05, 3.63) is 18.2 Å². The summed E-state index contributed by atoms with van der Waals surface area (Å²) in [6, 6.07) is 6.52. The van der Waals surface area contributed by atoms with Crippen molar-refractivity contribution in [2.45, 2.75) is 13.0 Å². The van der Waals surface area contributed by atoms with Crippen molar-refractivity contribution in [1.82, 2.24) is 5.32 Å². The van der Waals surface area contributed by atoms with Gasteiger partial charge in [0.2, 0.25) is 0 Å². The van der Waals surface area contributed by atoms with Crippen LogP contribution in [0.5, 0.6) is 11.5 Å². The Labute approximate surface area is 103 Å². The van der Waals surface area contributed by atoms with E-state index in [4.69, 9.17) is 9.47 Å². The summed E-state index contributed by atoms with van der Waals surface area (Å²) in [6.45, 7) is 5.24. The van der Waals surface area contributed by atoms with E-state index in [1.807, 2.05) is 6.07 Å². The quantitative estimate of drug-likeness (QED) is 0.862. The minimum Gasteiger partial charge on any atom is -0.497 e. The summed E-state index contributed by atoms with van der Waals surface area (Å²) in [5.74, 6) is 1.68. The van der Waals surface area contributed by atoms with Crippen molar-refractivity contribution >= 4 is 5.69 Å². The van der Waals surface area contributed by atoms with Gasteiger partial charge in [0.1, 0.15) is 11.5 Å². The van der Waals surface area contributed by atoms with Gasteiger partial charge in [-0.2, -0.15) is 0 Å². The van der Waals surface area contributed by atoms with Crippen LogP contribution in [0.15, 0.2) is 18.2 Å². The topological polar surface area (TPSA) is 33.7 Å². The number of rotatable bonds is 3. The summed E-state index contributed by atoms with van der Waals surface area (Å²) in [5.41, 5.74) is 1.16. The fourth-order valence-electron chi connectivity index (χ4n) is 2.14. The van der Waals surface area contributed by atoms with E-state index >= 15 is 0 Å². The van der Waals surface area contributed by atoms with Gasteiger partial charge in [0.05, 0.1) is 14.2 Å². The van der Waals surface area contributed by atoms with Crippen molar-refractivity contribution in [1.29, 1.82) is 0 Å². The van der Waals surface area contributed by atoms with Gasteiger partial charge >= 0.3 is 0 Å². The molecule has 1 N–H and O–H groups in total. The largest absolute Gasteiger partial charge is 0.497 e. The summed E-state index contributed by atoms with van der Waals surface area (Å²) >= 11 is 0. The van der Waals surface area contributed by atoms with Crippen LogP contribution in [0.2, 0.25) is 0 Å². The van der Waals surface area contributed by atoms with Gasteiger partial charge < -0.3 is 19.7 Å². The average Bonchev–Trinajstić information content (AvgIpc) is 2.38. The molecule has 1 heterocycles. The molecule has 17 heavy (non-hydrogen) atoms. The lowest BCUT2D eigenvalue weighted by atomic mass is 10.2. The van der Waals surface area contributed by atoms with Crippen LogP contribution in [0, 0.1) is 0 Å². The van der Waals surface area contributed by atoms with Crippen LogP contribution in [0.3, 0.4) is 0 Å². The molecular weight excluding hydrogens is 216 g/mol. The SMILES string of the molecule is COc1cc(OC)cc(N2CCNC(C)C2)c1. The van der Waals surface area contributed by atoms with Gasteiger partial charge in [-0.1, -0.05) is 0 Å². The molecule has 0 aliphatic carbocycles. The van der Waals surface area contributed by atoms with E-state index in [2.05, 4.69) is 29.3 Å². The summed E-state index contributed by atoms with van der Waals surface area (Å²) in [7, 11) is 3.36. The minimum atomic E-state index is 0.515. The van der Waals surface area contributed by atoms with Gasteiger partial charge in [-0.3, -0.25) is 0 Å². The lowest BCUT2D eigenvalue weighted by molar-refractivity contribution is 0.393. The Hall–Kier alpha value is -1.42. The maximum atomic E-state index is 5.29. The number of anilines is 1. The predicted molar refractivity (Wildman–Crippen MR) is 69.2 cm³/mol. The number of benzene rings is 1. The van der Waals surface area contributed by atoms with Crippen LogP contribution in [0.25, 0.3) is 0 Å². The molecule has 0 saturated carbocycles. The van der Waals surface area contributed by atoms with E-state index in [-0.39, 0.29) is 0 Å². The predicted octanol–water partition coefficient (Wildman–Crippen LogP) is 1.50. The van der Waals surface area contributed by atoms with E-state index in [9.17, 15) is 0 Å². The van der Waals surface area contributed by atoms with E-state index in [1.165, 1.54) is 0 Å². The highest BCUT2D eigenvalue weighted by Gasteiger charge is 2.17. The van der Waals surface area contributed by atoms with Gasteiger partial charge in [-0.05, 0) is 6.92 Å². The molecule has 1 atom stereocenters. The Bertz CT molecular complexity index is 359. The third-order valence-corrected chi connectivity index (χ3v) is 3.07. The van der Waals surface area contributed by atoms with Crippen LogP contribution in [-0.2, 0) is 0 Å². The Balaban J connectivity index is 2.23. The molecule has 0 aromatic heterocycles. The van der Waals surface area contributed by atoms with E-state index < -0.39 is 0 Å². The fraction of sp³-hybridized carbons (Fsp3) is 0.538. The summed E-state index contributed by atoms with van der Waals surface area (Å²) < 4.78 is 10.6. The second kappa shape index (κ2) is 5.27. The first-order chi connectivity index (χ1) is 8.22. The maximum absolute atomic E-state index is 5.29. The zero-order chi connectivity index (χ0) is 12.3. The first-order valence-corrected chi connectivity index (χ1v) is 5.94. The Morgan fingerprint density at radius 2 is 1.82 bits per heavy atom. The van der Waals surface area contributed by atoms with Crippen LogP contribution in [-0.4, -0.2) is 39.9 Å². The molecule has 4 heteroatoms. The van der Waals surface area contributed by atoms with Gasteiger partial charge in [0.15, 0.2) is 0 Å². The van der Waals surface area contributed by atoms with Gasteiger partial charge in [-0.25, -0.2) is 0 Å². The molecule has 0 radical (unpaired) electrons. The zero-order valence-corrected chi connectivity index (χ0v) is 10.7. The second-order valence-electron chi connectivity index (χ2n) is 4.37. The number of methoxy groups -OCH3 is 2. The molecule has 1 fully saturated rings. The zero-order valence-electron chi connectivity index (χ0n) is 10.7. The first-order valence-electron chi connectivity index (χ1n) is 5.94. The molecule has 2 rings (SSSR count). The highest BCUT2D eigenvalue weighted by Crippen LogP contribution is 2.28. The Morgan fingerprint density at radius 3 is 2.35 bits per heavy atom. The monoisotopic (exact) mass is 236 g/mol. The molecule has 1 aliphatic heterocycles. The standard InChI is InChI=1S/C13H20N2O2/c1-10-9-15(5-4-14-10)11-6-12(16-2)8-13(7-11)17-3/h6-8,10,14H,4-5,9H2,1-3H3. The van der Waals surface area contributed by atoms with Crippen LogP contribution < -0.4 is 19.7 Å². The first kappa shape index (κ1) is 12.0. The maximum Gasteiger partial charge on any atom is 0.124 e. The number of piperazine rings is 1. The van der Waals surface area contributed by atoms with Crippen LogP contribution in [0.1, 0.15) is 6.92 Å². The molecule has 4 nitrogen and oxygen atoms in total. The summed E-state index contributed by atoms with van der Waals surface area (Å²) in [4.78, 5) is 2.35. The lowest BCUT2D eigenvalue weighted by Crippen LogP contribution is -2.49. The van der Waals surface area contributed by atoms with Gasteiger partial charge in [0, 0.05) is 49.6 Å². The highest BCUT2D eigenvalue weighted by molar-refractivity contribution is 5.56.